The van der Waals surface area contributed by atoms with Crippen LogP contribution in [-0.2, 0) is 4.79 Å². The lowest BCUT2D eigenvalue weighted by Crippen LogP contribution is -2.63. The molecule has 2 aromatic carbocycles. The van der Waals surface area contributed by atoms with Gasteiger partial charge < -0.3 is 10.6 Å². The van der Waals surface area contributed by atoms with Crippen molar-refractivity contribution in [1.82, 2.24) is 15.5 Å². The maximum Gasteiger partial charge on any atom is 0.251 e. The number of benzene rings is 2. The Morgan fingerprint density at radius 1 is 1.03 bits per heavy atom. The van der Waals surface area contributed by atoms with E-state index >= 15 is 0 Å². The minimum Gasteiger partial charge on any atom is -0.349 e. The summed E-state index contributed by atoms with van der Waals surface area (Å²) < 4.78 is 0.856. The molecular weight excluding hydrogens is 454 g/mol. The Hall–Kier alpha value is -2.18. The van der Waals surface area contributed by atoms with Gasteiger partial charge in [0.2, 0.25) is 5.91 Å². The average Bonchev–Trinajstić information content (AvgIpc) is 2.74. The lowest BCUT2D eigenvalue weighted by atomic mass is 9.80. The fourth-order valence-corrected chi connectivity index (χ4v) is 5.42. The summed E-state index contributed by atoms with van der Waals surface area (Å²) in [5, 5.41) is 5.76. The van der Waals surface area contributed by atoms with E-state index in [0.29, 0.717) is 17.5 Å². The summed E-state index contributed by atoms with van der Waals surface area (Å²) in [6.07, 6.45) is 4.93. The Morgan fingerprint density at radius 3 is 2.42 bits per heavy atom. The first kappa shape index (κ1) is 22.0. The highest BCUT2D eigenvalue weighted by Gasteiger charge is 2.35. The van der Waals surface area contributed by atoms with Crippen LogP contribution in [0, 0.1) is 6.92 Å². The van der Waals surface area contributed by atoms with Crippen molar-refractivity contribution in [2.75, 3.05) is 19.6 Å². The molecule has 2 fully saturated rings. The summed E-state index contributed by atoms with van der Waals surface area (Å²) in [6, 6.07) is 17.2. The molecule has 5 nitrogen and oxygen atoms in total. The fourth-order valence-electron chi connectivity index (χ4n) is 4.81. The van der Waals surface area contributed by atoms with Crippen LogP contribution in [0.3, 0.4) is 0 Å². The average molecular weight is 484 g/mol. The Kier molecular flexibility index (Phi) is 7.08. The molecule has 2 N–H and O–H groups in total. The third-order valence-corrected chi connectivity index (χ3v) is 6.93. The molecule has 2 aliphatic rings. The van der Waals surface area contributed by atoms with Crippen molar-refractivity contribution >= 4 is 27.7 Å². The normalized spacial score (nSPS) is 21.9. The van der Waals surface area contributed by atoms with Crippen molar-refractivity contribution in [3.8, 4) is 0 Å². The molecule has 0 radical (unpaired) electrons. The van der Waals surface area contributed by atoms with Gasteiger partial charge in [0.25, 0.3) is 5.91 Å². The maximum atomic E-state index is 12.3. The third kappa shape index (κ3) is 5.74. The van der Waals surface area contributed by atoms with E-state index in [-0.39, 0.29) is 24.4 Å². The lowest BCUT2D eigenvalue weighted by Gasteiger charge is -2.46. The van der Waals surface area contributed by atoms with Gasteiger partial charge in [-0.2, -0.15) is 0 Å². The number of nitrogens with zero attached hydrogens (tertiary/aromatic N) is 1. The van der Waals surface area contributed by atoms with E-state index in [4.69, 9.17) is 0 Å². The van der Waals surface area contributed by atoms with Gasteiger partial charge in [-0.05, 0) is 67.9 Å². The molecule has 2 amide bonds. The number of hydrogen-bond acceptors (Lipinski definition) is 3. The highest BCUT2D eigenvalue weighted by molar-refractivity contribution is 9.10. The Balaban J connectivity index is 1.15. The van der Waals surface area contributed by atoms with Crippen molar-refractivity contribution < 1.29 is 9.59 Å². The molecule has 1 aliphatic carbocycles. The van der Waals surface area contributed by atoms with Gasteiger partial charge in [0, 0.05) is 29.2 Å². The van der Waals surface area contributed by atoms with Gasteiger partial charge in [0.05, 0.1) is 12.6 Å². The van der Waals surface area contributed by atoms with Crippen molar-refractivity contribution in [1.29, 1.82) is 0 Å². The molecule has 31 heavy (non-hydrogen) atoms. The third-order valence-electron chi connectivity index (χ3n) is 6.47. The summed E-state index contributed by atoms with van der Waals surface area (Å²) in [4.78, 5) is 27.0. The molecule has 164 valence electrons. The predicted molar refractivity (Wildman–Crippen MR) is 126 cm³/mol. The van der Waals surface area contributed by atoms with Gasteiger partial charge in [0.1, 0.15) is 0 Å². The van der Waals surface area contributed by atoms with Gasteiger partial charge >= 0.3 is 0 Å². The monoisotopic (exact) mass is 483 g/mol. The van der Waals surface area contributed by atoms with Crippen LogP contribution in [0.25, 0.3) is 0 Å². The Morgan fingerprint density at radius 2 is 1.74 bits per heavy atom. The molecule has 0 spiro atoms. The predicted octanol–water partition coefficient (Wildman–Crippen LogP) is 4.01. The van der Waals surface area contributed by atoms with E-state index in [2.05, 4.69) is 61.8 Å². The zero-order valence-electron chi connectivity index (χ0n) is 17.9. The fraction of sp³-hybridized carbons (Fsp3) is 0.440. The van der Waals surface area contributed by atoms with Gasteiger partial charge in [-0.1, -0.05) is 46.3 Å². The summed E-state index contributed by atoms with van der Waals surface area (Å²) >= 11 is 3.40. The molecule has 1 saturated heterocycles. The van der Waals surface area contributed by atoms with Crippen LogP contribution >= 0.6 is 15.9 Å². The second kappa shape index (κ2) is 9.96. The van der Waals surface area contributed by atoms with Gasteiger partial charge in [-0.15, -0.1) is 0 Å². The number of hydrogen-bond donors (Lipinski definition) is 2. The zero-order valence-corrected chi connectivity index (χ0v) is 19.5. The molecule has 6 heteroatoms. The minimum absolute atomic E-state index is 0.00305. The van der Waals surface area contributed by atoms with E-state index < -0.39 is 0 Å². The van der Waals surface area contributed by atoms with Crippen LogP contribution in [0.15, 0.2) is 53.0 Å². The van der Waals surface area contributed by atoms with Crippen LogP contribution in [0.5, 0.6) is 0 Å². The summed E-state index contributed by atoms with van der Waals surface area (Å²) in [6.45, 7) is 3.75. The molecule has 4 rings (SSSR count). The topological polar surface area (TPSA) is 61.4 Å². The molecular formula is C25H30BrN3O2. The number of carbonyl (C=O) groups is 2. The molecule has 1 aliphatic heterocycles. The summed E-state index contributed by atoms with van der Waals surface area (Å²) in [7, 11) is 0. The van der Waals surface area contributed by atoms with Crippen molar-refractivity contribution in [3.63, 3.8) is 0 Å². The zero-order chi connectivity index (χ0) is 21.8. The van der Waals surface area contributed by atoms with E-state index in [1.807, 2.05) is 19.1 Å². The van der Waals surface area contributed by atoms with E-state index in [1.165, 1.54) is 31.2 Å². The Bertz CT molecular complexity index is 899. The first-order chi connectivity index (χ1) is 15.0. The molecule has 0 aromatic heterocycles. The van der Waals surface area contributed by atoms with Crippen LogP contribution in [-0.4, -0.2) is 48.4 Å². The number of carbonyl (C=O) groups excluding carboxylic acids is 2. The number of nitrogens with one attached hydrogen (secondary N) is 2. The largest absolute Gasteiger partial charge is 0.349 e. The van der Waals surface area contributed by atoms with Crippen LogP contribution < -0.4 is 10.6 Å². The molecule has 0 unspecified atom stereocenters. The summed E-state index contributed by atoms with van der Waals surface area (Å²) in [5.41, 5.74) is 3.02. The highest BCUT2D eigenvalue weighted by Crippen LogP contribution is 2.35. The molecule has 2 aromatic rings. The number of amides is 2. The second-order valence-electron chi connectivity index (χ2n) is 8.83. The first-order valence-electron chi connectivity index (χ1n) is 11.1. The van der Waals surface area contributed by atoms with E-state index in [0.717, 1.165) is 23.1 Å². The van der Waals surface area contributed by atoms with Gasteiger partial charge in [-0.3, -0.25) is 14.5 Å². The quantitative estimate of drug-likeness (QED) is 0.652. The van der Waals surface area contributed by atoms with Gasteiger partial charge in [-0.25, -0.2) is 0 Å². The van der Waals surface area contributed by atoms with E-state index in [9.17, 15) is 9.59 Å². The number of rotatable bonds is 6. The lowest BCUT2D eigenvalue weighted by molar-refractivity contribution is -0.122. The SMILES string of the molecule is Cc1cc(Br)cc(C(=O)NCC(=O)NC2CN(C3CCC(c4ccccc4)CC3)C2)c1. The number of likely N-dealkylation sites (tertiary alicyclic amines) is 1. The van der Waals surface area contributed by atoms with Crippen molar-refractivity contribution in [3.05, 3.63) is 69.7 Å². The standard InChI is InChI=1S/C25H30BrN3O2/c1-17-11-20(13-21(26)12-17)25(31)27-14-24(30)28-22-15-29(16-22)23-9-7-19(8-10-23)18-5-3-2-4-6-18/h2-6,11-13,19,22-23H,7-10,14-16H2,1H3,(H,27,31)(H,28,30). The van der Waals surface area contributed by atoms with Crippen LogP contribution in [0.4, 0.5) is 0 Å². The molecule has 0 bridgehead atoms. The van der Waals surface area contributed by atoms with Crippen LogP contribution in [0.1, 0.15) is 53.1 Å². The van der Waals surface area contributed by atoms with E-state index in [1.54, 1.807) is 6.07 Å². The first-order valence-corrected chi connectivity index (χ1v) is 11.9. The van der Waals surface area contributed by atoms with Crippen LogP contribution in [0.2, 0.25) is 0 Å². The minimum atomic E-state index is -0.232. The molecule has 1 saturated carbocycles. The summed E-state index contributed by atoms with van der Waals surface area (Å²) in [5.74, 6) is 0.328. The number of halogens is 1. The smallest absolute Gasteiger partial charge is 0.251 e. The highest BCUT2D eigenvalue weighted by atomic mass is 79.9. The van der Waals surface area contributed by atoms with Gasteiger partial charge in [0.15, 0.2) is 0 Å². The maximum absolute atomic E-state index is 12.3. The number of aryl methyl sites for hydroxylation is 1. The molecule has 1 heterocycles. The molecule has 0 atom stereocenters. The van der Waals surface area contributed by atoms with Crippen molar-refractivity contribution in [2.45, 2.75) is 50.6 Å². The Labute approximate surface area is 192 Å². The van der Waals surface area contributed by atoms with Crippen molar-refractivity contribution in [2.24, 2.45) is 0 Å². The second-order valence-corrected chi connectivity index (χ2v) is 9.75.